The fourth-order valence-corrected chi connectivity index (χ4v) is 2.79. The summed E-state index contributed by atoms with van der Waals surface area (Å²) in [5.41, 5.74) is 2.39. The van der Waals surface area contributed by atoms with Crippen molar-refractivity contribution in [2.24, 2.45) is 0 Å². The van der Waals surface area contributed by atoms with Crippen molar-refractivity contribution in [2.45, 2.75) is 5.16 Å². The highest BCUT2D eigenvalue weighted by Crippen LogP contribution is 2.23. The molecule has 0 aliphatic carbocycles. The second-order valence-corrected chi connectivity index (χ2v) is 5.60. The van der Waals surface area contributed by atoms with Gasteiger partial charge in [-0.25, -0.2) is 9.67 Å². The van der Waals surface area contributed by atoms with Crippen LogP contribution in [0.5, 0.6) is 0 Å². The minimum Gasteiger partial charge on any atom is -0.260 e. The van der Waals surface area contributed by atoms with E-state index in [2.05, 4.69) is 20.3 Å². The number of nitrogens with zero attached hydrogens (tertiary/aromatic N) is 6. The molecule has 0 atom stereocenters. The summed E-state index contributed by atoms with van der Waals surface area (Å²) in [6.07, 6.45) is 5.43. The van der Waals surface area contributed by atoms with Gasteiger partial charge in [-0.2, -0.15) is 5.10 Å². The molecule has 0 unspecified atom stereocenters. The lowest BCUT2D eigenvalue weighted by atomic mass is 10.3. The fourth-order valence-electron chi connectivity index (χ4n) is 2.21. The topological polar surface area (TPSA) is 60.9 Å². The zero-order valence-corrected chi connectivity index (χ0v) is 12.5. The number of aromatic nitrogens is 6. The van der Waals surface area contributed by atoms with E-state index < -0.39 is 0 Å². The van der Waals surface area contributed by atoms with Crippen molar-refractivity contribution in [3.8, 4) is 5.69 Å². The maximum atomic E-state index is 5.92. The van der Waals surface area contributed by atoms with Crippen molar-refractivity contribution in [2.75, 3.05) is 6.26 Å². The van der Waals surface area contributed by atoms with Gasteiger partial charge in [0, 0.05) is 5.02 Å². The number of hydrogen-bond acceptors (Lipinski definition) is 5. The molecule has 1 aromatic carbocycles. The Hall–Kier alpha value is -2.12. The third-order valence-corrected chi connectivity index (χ3v) is 4.09. The van der Waals surface area contributed by atoms with E-state index in [1.807, 2.05) is 34.9 Å². The molecule has 0 amide bonds. The van der Waals surface area contributed by atoms with Crippen molar-refractivity contribution in [3.05, 3.63) is 41.8 Å². The van der Waals surface area contributed by atoms with Gasteiger partial charge in [-0.3, -0.25) is 4.40 Å². The highest BCUT2D eigenvalue weighted by Gasteiger charge is 2.13. The van der Waals surface area contributed by atoms with Crippen LogP contribution in [0.25, 0.3) is 22.4 Å². The average Bonchev–Trinajstić information content (AvgIpc) is 3.11. The Balaban J connectivity index is 1.98. The summed E-state index contributed by atoms with van der Waals surface area (Å²) in [5.74, 6) is 0. The fraction of sp³-hybridized carbons (Fsp3) is 0.0769. The first kappa shape index (κ1) is 12.6. The van der Waals surface area contributed by atoms with E-state index in [-0.39, 0.29) is 0 Å². The Labute approximate surface area is 128 Å². The number of benzene rings is 1. The Morgan fingerprint density at radius 2 is 1.90 bits per heavy atom. The summed E-state index contributed by atoms with van der Waals surface area (Å²) in [5, 5.41) is 15.1. The van der Waals surface area contributed by atoms with Crippen molar-refractivity contribution < 1.29 is 0 Å². The largest absolute Gasteiger partial charge is 0.260 e. The number of rotatable bonds is 2. The molecule has 3 heterocycles. The molecule has 4 rings (SSSR count). The van der Waals surface area contributed by atoms with Crippen LogP contribution in [0.15, 0.2) is 41.9 Å². The van der Waals surface area contributed by atoms with E-state index in [0.717, 1.165) is 27.5 Å². The van der Waals surface area contributed by atoms with Crippen molar-refractivity contribution >= 4 is 40.0 Å². The summed E-state index contributed by atoms with van der Waals surface area (Å²) in [4.78, 5) is 4.49. The molecule has 0 aliphatic heterocycles. The molecule has 0 aliphatic rings. The number of hydrogen-bond donors (Lipinski definition) is 0. The second-order valence-electron chi connectivity index (χ2n) is 4.39. The van der Waals surface area contributed by atoms with Crippen LogP contribution in [-0.2, 0) is 0 Å². The van der Waals surface area contributed by atoms with Crippen LogP contribution in [0.3, 0.4) is 0 Å². The van der Waals surface area contributed by atoms with Crippen LogP contribution in [0, 0.1) is 0 Å². The molecule has 3 aromatic heterocycles. The summed E-state index contributed by atoms with van der Waals surface area (Å²) < 4.78 is 3.62. The summed E-state index contributed by atoms with van der Waals surface area (Å²) in [6.45, 7) is 0. The third-order valence-electron chi connectivity index (χ3n) is 3.20. The molecule has 0 bridgehead atoms. The van der Waals surface area contributed by atoms with Gasteiger partial charge >= 0.3 is 0 Å². The van der Waals surface area contributed by atoms with Crippen molar-refractivity contribution in [3.63, 3.8) is 0 Å². The van der Waals surface area contributed by atoms with E-state index in [4.69, 9.17) is 11.6 Å². The second kappa shape index (κ2) is 4.71. The lowest BCUT2D eigenvalue weighted by Crippen LogP contribution is -1.98. The Bertz CT molecular complexity index is 943. The van der Waals surface area contributed by atoms with Crippen LogP contribution in [0.1, 0.15) is 0 Å². The standard InChI is InChI=1S/C13H9ClN6S/c1-21-13-18-17-12-10-6-16-20(11(10)15-7-19(12)13)9-4-2-8(14)3-5-9/h2-7H,1H3. The average molecular weight is 317 g/mol. The minimum atomic E-state index is 0.688. The van der Waals surface area contributed by atoms with Crippen LogP contribution in [-0.4, -0.2) is 35.6 Å². The maximum absolute atomic E-state index is 5.92. The summed E-state index contributed by atoms with van der Waals surface area (Å²) in [7, 11) is 0. The first-order valence-corrected chi connectivity index (χ1v) is 7.75. The van der Waals surface area contributed by atoms with Gasteiger partial charge in [0.2, 0.25) is 0 Å². The van der Waals surface area contributed by atoms with Gasteiger partial charge in [0.25, 0.3) is 0 Å². The number of halogens is 1. The van der Waals surface area contributed by atoms with Crippen molar-refractivity contribution in [1.29, 1.82) is 0 Å². The molecule has 0 saturated carbocycles. The zero-order valence-electron chi connectivity index (χ0n) is 10.9. The van der Waals surface area contributed by atoms with Crippen LogP contribution in [0.4, 0.5) is 0 Å². The molecular formula is C13H9ClN6S. The molecule has 4 aromatic rings. The van der Waals surface area contributed by atoms with Gasteiger partial charge in [-0.1, -0.05) is 23.4 Å². The SMILES string of the molecule is CSc1nnc2c3cnn(-c4ccc(Cl)cc4)c3ncn12. The van der Waals surface area contributed by atoms with E-state index in [0.29, 0.717) is 5.02 Å². The summed E-state index contributed by atoms with van der Waals surface area (Å²) in [6, 6.07) is 7.45. The molecule has 104 valence electrons. The van der Waals surface area contributed by atoms with Gasteiger partial charge in [0.1, 0.15) is 6.33 Å². The quantitative estimate of drug-likeness (QED) is 0.532. The zero-order chi connectivity index (χ0) is 14.4. The number of fused-ring (bicyclic) bond motifs is 3. The monoisotopic (exact) mass is 316 g/mol. The van der Waals surface area contributed by atoms with Gasteiger partial charge in [0.15, 0.2) is 16.5 Å². The van der Waals surface area contributed by atoms with Crippen LogP contribution in [0.2, 0.25) is 5.02 Å². The maximum Gasteiger partial charge on any atom is 0.196 e. The minimum absolute atomic E-state index is 0.688. The Kier molecular flexibility index (Phi) is 2.83. The normalized spacial score (nSPS) is 11.5. The van der Waals surface area contributed by atoms with Gasteiger partial charge in [-0.15, -0.1) is 10.2 Å². The van der Waals surface area contributed by atoms with E-state index >= 15 is 0 Å². The van der Waals surface area contributed by atoms with Crippen molar-refractivity contribution in [1.82, 2.24) is 29.4 Å². The number of thioether (sulfide) groups is 1. The highest BCUT2D eigenvalue weighted by molar-refractivity contribution is 7.98. The molecule has 8 heteroatoms. The molecule has 21 heavy (non-hydrogen) atoms. The first-order chi connectivity index (χ1) is 10.3. The molecule has 0 N–H and O–H groups in total. The van der Waals surface area contributed by atoms with Crippen LogP contribution >= 0.6 is 23.4 Å². The van der Waals surface area contributed by atoms with Gasteiger partial charge in [-0.05, 0) is 30.5 Å². The smallest absolute Gasteiger partial charge is 0.196 e. The molecule has 0 spiro atoms. The highest BCUT2D eigenvalue weighted by atomic mass is 35.5. The predicted molar refractivity (Wildman–Crippen MR) is 82.2 cm³/mol. The molecule has 0 fully saturated rings. The molecule has 0 radical (unpaired) electrons. The van der Waals surface area contributed by atoms with E-state index in [1.54, 1.807) is 17.2 Å². The van der Waals surface area contributed by atoms with E-state index in [1.165, 1.54) is 11.8 Å². The molecule has 0 saturated heterocycles. The van der Waals surface area contributed by atoms with Gasteiger partial charge < -0.3 is 0 Å². The van der Waals surface area contributed by atoms with Crippen LogP contribution < -0.4 is 0 Å². The lowest BCUT2D eigenvalue weighted by Gasteiger charge is -2.03. The molecule has 6 nitrogen and oxygen atoms in total. The Morgan fingerprint density at radius 1 is 1.10 bits per heavy atom. The predicted octanol–water partition coefficient (Wildman–Crippen LogP) is 2.84. The van der Waals surface area contributed by atoms with Gasteiger partial charge in [0.05, 0.1) is 17.3 Å². The van der Waals surface area contributed by atoms with E-state index in [9.17, 15) is 0 Å². The Morgan fingerprint density at radius 3 is 2.67 bits per heavy atom. The first-order valence-electron chi connectivity index (χ1n) is 6.15. The lowest BCUT2D eigenvalue weighted by molar-refractivity contribution is 0.880. The third kappa shape index (κ3) is 1.89. The summed E-state index contributed by atoms with van der Waals surface area (Å²) >= 11 is 7.44. The molecular weight excluding hydrogens is 308 g/mol.